The van der Waals surface area contributed by atoms with Gasteiger partial charge in [-0.2, -0.15) is 5.10 Å². The molecule has 0 atom stereocenters. The second kappa shape index (κ2) is 10.5. The maximum atomic E-state index is 12.6. The molecule has 0 aliphatic rings. The Hall–Kier alpha value is -1.97. The Labute approximate surface area is 221 Å². The Morgan fingerprint density at radius 1 is 1.06 bits per heavy atom. The van der Waals surface area contributed by atoms with E-state index in [1.807, 2.05) is 12.1 Å². The van der Waals surface area contributed by atoms with E-state index in [1.54, 1.807) is 47.3 Å². The molecule has 11 heteroatoms. The predicted octanol–water partition coefficient (Wildman–Crippen LogP) is 7.84. The summed E-state index contributed by atoms with van der Waals surface area (Å²) in [5.41, 5.74) is 0.843. The van der Waals surface area contributed by atoms with Gasteiger partial charge in [-0.05, 0) is 64.0 Å². The van der Waals surface area contributed by atoms with Crippen molar-refractivity contribution in [3.63, 3.8) is 0 Å². The Bertz CT molecular complexity index is 1320. The van der Waals surface area contributed by atoms with E-state index in [-0.39, 0.29) is 12.4 Å². The standard InChI is InChI=1S/C22H14Br2Cl3N3O3/c23-13-2-5-19(18(27)7-13)32-11-15-4-6-20(33-15)22(31)28-21-16(24)10-30(29-21)9-12-1-3-14(25)8-17(12)26/h1-8,10H,9,11H2,(H,28,29,31). The van der Waals surface area contributed by atoms with Crippen LogP contribution in [0, 0.1) is 0 Å². The second-order valence-electron chi connectivity index (χ2n) is 6.84. The van der Waals surface area contributed by atoms with Crippen LogP contribution < -0.4 is 10.1 Å². The van der Waals surface area contributed by atoms with Gasteiger partial charge in [0.25, 0.3) is 5.91 Å². The van der Waals surface area contributed by atoms with Gasteiger partial charge in [-0.15, -0.1) is 0 Å². The van der Waals surface area contributed by atoms with Crippen LogP contribution in [-0.4, -0.2) is 15.7 Å². The van der Waals surface area contributed by atoms with E-state index >= 15 is 0 Å². The Kier molecular flexibility index (Phi) is 7.71. The van der Waals surface area contributed by atoms with Crippen LogP contribution in [0.5, 0.6) is 5.75 Å². The van der Waals surface area contributed by atoms with Crippen molar-refractivity contribution >= 4 is 78.4 Å². The third-order valence-corrected chi connectivity index (χ3v) is 6.40. The molecule has 0 fully saturated rings. The molecule has 33 heavy (non-hydrogen) atoms. The summed E-state index contributed by atoms with van der Waals surface area (Å²) in [6.45, 7) is 0.528. The first-order chi connectivity index (χ1) is 15.8. The van der Waals surface area contributed by atoms with E-state index in [0.717, 1.165) is 10.0 Å². The SMILES string of the molecule is O=C(Nc1nn(Cc2ccc(Cl)cc2Cl)cc1Br)c1ccc(COc2ccc(Br)cc2Cl)o1. The fraction of sp³-hybridized carbons (Fsp3) is 0.0909. The summed E-state index contributed by atoms with van der Waals surface area (Å²) in [6, 6.07) is 13.8. The highest BCUT2D eigenvalue weighted by atomic mass is 79.9. The van der Waals surface area contributed by atoms with Gasteiger partial charge in [0.1, 0.15) is 18.1 Å². The molecule has 6 nitrogen and oxygen atoms in total. The maximum absolute atomic E-state index is 12.6. The zero-order valence-corrected chi connectivity index (χ0v) is 22.1. The summed E-state index contributed by atoms with van der Waals surface area (Å²) in [7, 11) is 0. The van der Waals surface area contributed by atoms with Gasteiger partial charge in [0.05, 0.1) is 16.0 Å². The number of hydrogen-bond acceptors (Lipinski definition) is 4. The van der Waals surface area contributed by atoms with Gasteiger partial charge < -0.3 is 14.5 Å². The number of amides is 1. The fourth-order valence-corrected chi connectivity index (χ4v) is 4.49. The van der Waals surface area contributed by atoms with Crippen molar-refractivity contribution in [1.82, 2.24) is 9.78 Å². The van der Waals surface area contributed by atoms with Crippen molar-refractivity contribution in [2.24, 2.45) is 0 Å². The molecule has 0 bridgehead atoms. The van der Waals surface area contributed by atoms with Gasteiger partial charge in [0.15, 0.2) is 11.6 Å². The number of nitrogens with one attached hydrogen (secondary N) is 1. The minimum atomic E-state index is -0.446. The number of furan rings is 1. The lowest BCUT2D eigenvalue weighted by atomic mass is 10.2. The number of benzene rings is 2. The van der Waals surface area contributed by atoms with Crippen LogP contribution in [0.3, 0.4) is 0 Å². The normalized spacial score (nSPS) is 10.9. The zero-order valence-electron chi connectivity index (χ0n) is 16.6. The lowest BCUT2D eigenvalue weighted by Crippen LogP contribution is -2.12. The summed E-state index contributed by atoms with van der Waals surface area (Å²) in [6.07, 6.45) is 1.74. The fourth-order valence-electron chi connectivity index (χ4n) is 2.88. The molecule has 2 heterocycles. The van der Waals surface area contributed by atoms with Gasteiger partial charge >= 0.3 is 0 Å². The smallest absolute Gasteiger partial charge is 0.292 e. The molecule has 4 aromatic rings. The number of carbonyl (C=O) groups is 1. The molecule has 0 aliphatic heterocycles. The van der Waals surface area contributed by atoms with Crippen molar-refractivity contribution in [1.29, 1.82) is 0 Å². The quantitative estimate of drug-likeness (QED) is 0.225. The van der Waals surface area contributed by atoms with E-state index in [2.05, 4.69) is 42.3 Å². The monoisotopic (exact) mass is 631 g/mol. The van der Waals surface area contributed by atoms with Crippen LogP contribution in [0.4, 0.5) is 5.82 Å². The highest BCUT2D eigenvalue weighted by Crippen LogP contribution is 2.29. The molecule has 0 unspecified atom stereocenters. The number of carbonyl (C=O) groups excluding carboxylic acids is 1. The largest absolute Gasteiger partial charge is 0.484 e. The first kappa shape index (κ1) is 24.2. The molecule has 1 N–H and O–H groups in total. The van der Waals surface area contributed by atoms with Gasteiger partial charge in [-0.1, -0.05) is 56.8 Å². The average molecular weight is 635 g/mol. The van der Waals surface area contributed by atoms with Gasteiger partial charge in [0.2, 0.25) is 0 Å². The van der Waals surface area contributed by atoms with E-state index in [0.29, 0.717) is 43.4 Å². The third kappa shape index (κ3) is 6.13. The number of rotatable bonds is 7. The Morgan fingerprint density at radius 3 is 2.64 bits per heavy atom. The Morgan fingerprint density at radius 2 is 1.88 bits per heavy atom. The molecule has 0 saturated heterocycles. The summed E-state index contributed by atoms with van der Waals surface area (Å²) < 4.78 is 14.4. The van der Waals surface area contributed by atoms with Gasteiger partial charge in [-0.25, -0.2) is 0 Å². The number of aromatic nitrogens is 2. The van der Waals surface area contributed by atoms with E-state index in [9.17, 15) is 4.79 Å². The van der Waals surface area contributed by atoms with Gasteiger partial charge in [-0.3, -0.25) is 9.48 Å². The molecule has 0 saturated carbocycles. The topological polar surface area (TPSA) is 69.3 Å². The van der Waals surface area contributed by atoms with Crippen molar-refractivity contribution in [2.75, 3.05) is 5.32 Å². The molecule has 170 valence electrons. The number of anilines is 1. The molecular weight excluding hydrogens is 620 g/mol. The lowest BCUT2D eigenvalue weighted by molar-refractivity contribution is 0.0992. The summed E-state index contributed by atoms with van der Waals surface area (Å²) in [4.78, 5) is 12.6. The van der Waals surface area contributed by atoms with E-state index < -0.39 is 5.91 Å². The summed E-state index contributed by atoms with van der Waals surface area (Å²) in [5, 5.41) is 8.68. The molecule has 2 aromatic carbocycles. The zero-order chi connectivity index (χ0) is 23.5. The number of halogens is 5. The molecule has 1 amide bonds. The highest BCUT2D eigenvalue weighted by Gasteiger charge is 2.16. The van der Waals surface area contributed by atoms with E-state index in [4.69, 9.17) is 44.0 Å². The van der Waals surface area contributed by atoms with Crippen LogP contribution in [0.1, 0.15) is 21.9 Å². The highest BCUT2D eigenvalue weighted by molar-refractivity contribution is 9.10. The van der Waals surface area contributed by atoms with Crippen molar-refractivity contribution in [2.45, 2.75) is 13.2 Å². The van der Waals surface area contributed by atoms with E-state index in [1.165, 1.54) is 0 Å². The summed E-state index contributed by atoms with van der Waals surface area (Å²) >= 11 is 25.1. The van der Waals surface area contributed by atoms with Crippen LogP contribution in [0.25, 0.3) is 0 Å². The van der Waals surface area contributed by atoms with Crippen LogP contribution in [-0.2, 0) is 13.2 Å². The number of ether oxygens (including phenoxy) is 1. The minimum Gasteiger partial charge on any atom is -0.484 e. The summed E-state index contributed by atoms with van der Waals surface area (Å²) in [5.74, 6) is 1.01. The Balaban J connectivity index is 1.39. The second-order valence-corrected chi connectivity index (χ2v) is 9.86. The third-order valence-electron chi connectivity index (χ3n) is 4.45. The van der Waals surface area contributed by atoms with Crippen LogP contribution >= 0.6 is 66.7 Å². The molecular formula is C22H14Br2Cl3N3O3. The van der Waals surface area contributed by atoms with Crippen molar-refractivity contribution in [3.8, 4) is 5.75 Å². The molecule has 0 radical (unpaired) electrons. The number of hydrogen-bond donors (Lipinski definition) is 1. The van der Waals surface area contributed by atoms with Crippen LogP contribution in [0.2, 0.25) is 15.1 Å². The predicted molar refractivity (Wildman–Crippen MR) is 136 cm³/mol. The first-order valence-corrected chi connectivity index (χ1v) is 12.2. The average Bonchev–Trinajstić information content (AvgIpc) is 3.36. The molecule has 2 aromatic heterocycles. The van der Waals surface area contributed by atoms with Crippen molar-refractivity contribution < 1.29 is 13.9 Å². The lowest BCUT2D eigenvalue weighted by Gasteiger charge is -2.06. The molecule has 4 rings (SSSR count). The van der Waals surface area contributed by atoms with Crippen LogP contribution in [0.15, 0.2) is 68.1 Å². The first-order valence-electron chi connectivity index (χ1n) is 9.43. The molecule has 0 aliphatic carbocycles. The van der Waals surface area contributed by atoms with Crippen molar-refractivity contribution in [3.05, 3.63) is 95.8 Å². The maximum Gasteiger partial charge on any atom is 0.292 e. The minimum absolute atomic E-state index is 0.120. The van der Waals surface area contributed by atoms with Gasteiger partial charge in [0, 0.05) is 20.7 Å². The number of nitrogens with zero attached hydrogens (tertiary/aromatic N) is 2. The molecule has 0 spiro atoms.